The SMILES string of the molecule is CCC(C)NCCCCNC(C)CC. The van der Waals surface area contributed by atoms with Crippen molar-refractivity contribution in [2.75, 3.05) is 13.1 Å². The molecule has 2 N–H and O–H groups in total. The van der Waals surface area contributed by atoms with Gasteiger partial charge in [-0.1, -0.05) is 13.8 Å². The highest BCUT2D eigenvalue weighted by atomic mass is 14.9. The Kier molecular flexibility index (Phi) is 9.42. The summed E-state index contributed by atoms with van der Waals surface area (Å²) in [6, 6.07) is 1.36. The topological polar surface area (TPSA) is 24.1 Å². The third-order valence-electron chi connectivity index (χ3n) is 2.81. The van der Waals surface area contributed by atoms with Gasteiger partial charge in [-0.3, -0.25) is 0 Å². The maximum absolute atomic E-state index is 3.51. The Labute approximate surface area is 89.9 Å². The van der Waals surface area contributed by atoms with Crippen LogP contribution in [0, 0.1) is 0 Å². The highest BCUT2D eigenvalue weighted by Crippen LogP contribution is 1.92. The zero-order valence-corrected chi connectivity index (χ0v) is 10.4. The first-order valence-corrected chi connectivity index (χ1v) is 6.17. The Bertz CT molecular complexity index is 101. The molecule has 0 aliphatic carbocycles. The van der Waals surface area contributed by atoms with Crippen LogP contribution in [0.4, 0.5) is 0 Å². The number of rotatable bonds is 9. The molecule has 0 aromatic carbocycles. The summed E-state index contributed by atoms with van der Waals surface area (Å²) in [5.41, 5.74) is 0. The highest BCUT2D eigenvalue weighted by molar-refractivity contribution is 4.60. The molecule has 86 valence electrons. The molecule has 0 radical (unpaired) electrons. The van der Waals surface area contributed by atoms with Crippen LogP contribution in [0.2, 0.25) is 0 Å². The van der Waals surface area contributed by atoms with Gasteiger partial charge in [0.25, 0.3) is 0 Å². The Morgan fingerprint density at radius 2 is 1.14 bits per heavy atom. The lowest BCUT2D eigenvalue weighted by atomic mass is 10.2. The molecular formula is C12H28N2. The average Bonchev–Trinajstić information content (AvgIpc) is 2.22. The molecule has 0 aromatic rings. The van der Waals surface area contributed by atoms with Crippen LogP contribution < -0.4 is 10.6 Å². The van der Waals surface area contributed by atoms with Gasteiger partial charge in [-0.2, -0.15) is 0 Å². The third kappa shape index (κ3) is 8.52. The molecular weight excluding hydrogens is 172 g/mol. The van der Waals surface area contributed by atoms with Crippen molar-refractivity contribution in [2.45, 2.75) is 65.5 Å². The smallest absolute Gasteiger partial charge is 0.00360 e. The maximum Gasteiger partial charge on any atom is 0.00360 e. The minimum Gasteiger partial charge on any atom is -0.314 e. The van der Waals surface area contributed by atoms with E-state index in [1.807, 2.05) is 0 Å². The fourth-order valence-corrected chi connectivity index (χ4v) is 1.24. The largest absolute Gasteiger partial charge is 0.314 e. The molecule has 0 aromatic heterocycles. The first kappa shape index (κ1) is 13.9. The van der Waals surface area contributed by atoms with Crippen molar-refractivity contribution < 1.29 is 0 Å². The molecule has 0 rings (SSSR count). The number of nitrogens with one attached hydrogen (secondary N) is 2. The summed E-state index contributed by atoms with van der Waals surface area (Å²) in [6.07, 6.45) is 5.03. The molecule has 2 nitrogen and oxygen atoms in total. The molecule has 0 saturated heterocycles. The first-order chi connectivity index (χ1) is 6.70. The Hall–Kier alpha value is -0.0800. The van der Waals surface area contributed by atoms with Crippen molar-refractivity contribution in [1.29, 1.82) is 0 Å². The highest BCUT2D eigenvalue weighted by Gasteiger charge is 1.97. The normalized spacial score (nSPS) is 15.4. The van der Waals surface area contributed by atoms with E-state index >= 15 is 0 Å². The molecule has 2 heteroatoms. The van der Waals surface area contributed by atoms with E-state index in [9.17, 15) is 0 Å². The van der Waals surface area contributed by atoms with Crippen LogP contribution in [0.15, 0.2) is 0 Å². The summed E-state index contributed by atoms with van der Waals surface area (Å²) in [6.45, 7) is 11.3. The van der Waals surface area contributed by atoms with E-state index in [-0.39, 0.29) is 0 Å². The van der Waals surface area contributed by atoms with Crippen LogP contribution in [-0.4, -0.2) is 25.2 Å². The summed E-state index contributed by atoms with van der Waals surface area (Å²) in [5.74, 6) is 0. The van der Waals surface area contributed by atoms with Crippen molar-refractivity contribution >= 4 is 0 Å². The second-order valence-electron chi connectivity index (χ2n) is 4.23. The second-order valence-corrected chi connectivity index (χ2v) is 4.23. The van der Waals surface area contributed by atoms with Gasteiger partial charge >= 0.3 is 0 Å². The molecule has 0 amide bonds. The van der Waals surface area contributed by atoms with Gasteiger partial charge < -0.3 is 10.6 Å². The van der Waals surface area contributed by atoms with E-state index in [2.05, 4.69) is 38.3 Å². The Morgan fingerprint density at radius 3 is 1.43 bits per heavy atom. The number of hydrogen-bond donors (Lipinski definition) is 2. The van der Waals surface area contributed by atoms with Crippen LogP contribution in [0.1, 0.15) is 53.4 Å². The standard InChI is InChI=1S/C12H28N2/c1-5-11(3)13-9-7-8-10-14-12(4)6-2/h11-14H,5-10H2,1-4H3. The molecule has 0 aliphatic rings. The molecule has 0 spiro atoms. The van der Waals surface area contributed by atoms with Crippen LogP contribution in [0.3, 0.4) is 0 Å². The van der Waals surface area contributed by atoms with E-state index in [1.54, 1.807) is 0 Å². The lowest BCUT2D eigenvalue weighted by molar-refractivity contribution is 0.485. The lowest BCUT2D eigenvalue weighted by Gasteiger charge is -2.12. The predicted octanol–water partition coefficient (Wildman–Crippen LogP) is 2.54. The van der Waals surface area contributed by atoms with E-state index in [4.69, 9.17) is 0 Å². The zero-order valence-electron chi connectivity index (χ0n) is 10.4. The predicted molar refractivity (Wildman–Crippen MR) is 64.7 cm³/mol. The molecule has 0 heterocycles. The van der Waals surface area contributed by atoms with Gasteiger partial charge in [-0.15, -0.1) is 0 Å². The van der Waals surface area contributed by atoms with Gasteiger partial charge in [0.2, 0.25) is 0 Å². The zero-order chi connectivity index (χ0) is 10.8. The lowest BCUT2D eigenvalue weighted by Crippen LogP contribution is -2.28. The van der Waals surface area contributed by atoms with E-state index < -0.39 is 0 Å². The minimum absolute atomic E-state index is 0.678. The molecule has 2 atom stereocenters. The van der Waals surface area contributed by atoms with Gasteiger partial charge in [0.1, 0.15) is 0 Å². The van der Waals surface area contributed by atoms with Crippen LogP contribution in [0.25, 0.3) is 0 Å². The second kappa shape index (κ2) is 9.47. The first-order valence-electron chi connectivity index (χ1n) is 6.17. The van der Waals surface area contributed by atoms with Crippen LogP contribution in [0.5, 0.6) is 0 Å². The molecule has 0 aliphatic heterocycles. The molecule has 0 saturated carbocycles. The number of unbranched alkanes of at least 4 members (excludes halogenated alkanes) is 1. The maximum atomic E-state index is 3.51. The number of hydrogen-bond acceptors (Lipinski definition) is 2. The van der Waals surface area contributed by atoms with Gasteiger partial charge in [0, 0.05) is 12.1 Å². The van der Waals surface area contributed by atoms with E-state index in [1.165, 1.54) is 25.7 Å². The minimum atomic E-state index is 0.678. The summed E-state index contributed by atoms with van der Waals surface area (Å²) in [5, 5.41) is 7.01. The molecule has 2 unspecified atom stereocenters. The third-order valence-corrected chi connectivity index (χ3v) is 2.81. The fraction of sp³-hybridized carbons (Fsp3) is 1.00. The van der Waals surface area contributed by atoms with Gasteiger partial charge in [-0.05, 0) is 52.6 Å². The van der Waals surface area contributed by atoms with Gasteiger partial charge in [0.15, 0.2) is 0 Å². The van der Waals surface area contributed by atoms with Crippen molar-refractivity contribution in [3.8, 4) is 0 Å². The molecule has 0 fully saturated rings. The molecule has 0 bridgehead atoms. The summed E-state index contributed by atoms with van der Waals surface area (Å²) < 4.78 is 0. The summed E-state index contributed by atoms with van der Waals surface area (Å²) in [4.78, 5) is 0. The van der Waals surface area contributed by atoms with Crippen molar-refractivity contribution in [3.05, 3.63) is 0 Å². The average molecular weight is 200 g/mol. The van der Waals surface area contributed by atoms with E-state index in [0.29, 0.717) is 12.1 Å². The van der Waals surface area contributed by atoms with Crippen molar-refractivity contribution in [3.63, 3.8) is 0 Å². The van der Waals surface area contributed by atoms with Gasteiger partial charge in [-0.25, -0.2) is 0 Å². The van der Waals surface area contributed by atoms with E-state index in [0.717, 1.165) is 13.1 Å². The monoisotopic (exact) mass is 200 g/mol. The Morgan fingerprint density at radius 1 is 0.786 bits per heavy atom. The summed E-state index contributed by atoms with van der Waals surface area (Å²) in [7, 11) is 0. The van der Waals surface area contributed by atoms with Crippen LogP contribution in [-0.2, 0) is 0 Å². The quantitative estimate of drug-likeness (QED) is 0.559. The fourth-order valence-electron chi connectivity index (χ4n) is 1.24. The summed E-state index contributed by atoms with van der Waals surface area (Å²) >= 11 is 0. The van der Waals surface area contributed by atoms with Crippen LogP contribution >= 0.6 is 0 Å². The Balaban J connectivity index is 3.06. The molecule has 14 heavy (non-hydrogen) atoms. The van der Waals surface area contributed by atoms with Gasteiger partial charge in [0.05, 0.1) is 0 Å². The van der Waals surface area contributed by atoms with Crippen molar-refractivity contribution in [1.82, 2.24) is 10.6 Å². The van der Waals surface area contributed by atoms with Crippen molar-refractivity contribution in [2.24, 2.45) is 0 Å².